The Balaban J connectivity index is 1.42. The largest absolute Gasteiger partial charge is 0.351 e. The van der Waals surface area contributed by atoms with Gasteiger partial charge in [0.1, 0.15) is 24.6 Å². The highest BCUT2D eigenvalue weighted by Crippen LogP contribution is 2.42. The number of aryl methyl sites for hydroxylation is 1. The van der Waals surface area contributed by atoms with Gasteiger partial charge in [-0.3, -0.25) is 28.7 Å². The van der Waals surface area contributed by atoms with E-state index >= 15 is 0 Å². The highest BCUT2D eigenvalue weighted by atomic mass is 16.2. The highest BCUT2D eigenvalue weighted by Gasteiger charge is 2.39. The number of fused-ring (bicyclic) bond motifs is 2. The van der Waals surface area contributed by atoms with Gasteiger partial charge in [-0.15, -0.1) is 5.10 Å². The lowest BCUT2D eigenvalue weighted by molar-refractivity contribution is -0.123. The normalized spacial score (nSPS) is 20.9. The number of aromatic nitrogens is 4. The molecule has 2 unspecified atom stereocenters. The number of anilines is 1. The molecule has 3 amide bonds. The number of amides is 3. The van der Waals surface area contributed by atoms with E-state index in [1.165, 1.54) is 47.3 Å². The van der Waals surface area contributed by atoms with Crippen molar-refractivity contribution in [2.45, 2.75) is 70.5 Å². The van der Waals surface area contributed by atoms with Gasteiger partial charge in [-0.2, -0.15) is 0 Å². The van der Waals surface area contributed by atoms with E-state index in [1.54, 1.807) is 19.2 Å². The molecule has 0 aliphatic heterocycles. The zero-order chi connectivity index (χ0) is 27.9. The Bertz CT molecular complexity index is 1300. The van der Waals surface area contributed by atoms with E-state index < -0.39 is 23.4 Å². The van der Waals surface area contributed by atoms with Crippen LogP contribution in [-0.4, -0.2) is 54.9 Å². The first kappa shape index (κ1) is 27.9. The maximum absolute atomic E-state index is 13.1. The van der Waals surface area contributed by atoms with Crippen molar-refractivity contribution in [3.8, 4) is 0 Å². The molecule has 3 N–H and O–H groups in total. The summed E-state index contributed by atoms with van der Waals surface area (Å²) in [6.07, 6.45) is 12.1. The minimum atomic E-state index is -1.03. The summed E-state index contributed by atoms with van der Waals surface area (Å²) >= 11 is 0. The van der Waals surface area contributed by atoms with Crippen molar-refractivity contribution in [2.24, 2.45) is 18.9 Å². The topological polar surface area (TPSA) is 157 Å². The molecule has 2 aliphatic carbocycles. The lowest BCUT2D eigenvalue weighted by atomic mass is 9.84. The molecule has 2 bridgehead atoms. The van der Waals surface area contributed by atoms with Crippen molar-refractivity contribution in [1.29, 1.82) is 0 Å². The Hall–Kier alpha value is -4.09. The van der Waals surface area contributed by atoms with Crippen molar-refractivity contribution in [3.05, 3.63) is 53.0 Å². The van der Waals surface area contributed by atoms with Gasteiger partial charge in [0, 0.05) is 19.3 Å². The first-order chi connectivity index (χ1) is 18.7. The van der Waals surface area contributed by atoms with E-state index in [0.29, 0.717) is 18.3 Å². The molecule has 0 radical (unpaired) electrons. The van der Waals surface area contributed by atoms with E-state index in [2.05, 4.69) is 26.0 Å². The minimum absolute atomic E-state index is 0.0116. The Kier molecular flexibility index (Phi) is 9.05. The van der Waals surface area contributed by atoms with Crippen molar-refractivity contribution >= 4 is 29.2 Å². The highest BCUT2D eigenvalue weighted by molar-refractivity contribution is 5.99. The van der Waals surface area contributed by atoms with Crippen molar-refractivity contribution < 1.29 is 19.2 Å². The molecule has 208 valence electrons. The molecular weight excluding hydrogens is 502 g/mol. The van der Waals surface area contributed by atoms with Crippen LogP contribution in [0.25, 0.3) is 0 Å². The number of hydrogen-bond acceptors (Lipinski definition) is 7. The quantitative estimate of drug-likeness (QED) is 0.365. The molecule has 39 heavy (non-hydrogen) atoms. The summed E-state index contributed by atoms with van der Waals surface area (Å²) in [5.74, 6) is -0.715. The Morgan fingerprint density at radius 1 is 1.15 bits per heavy atom. The van der Waals surface area contributed by atoms with Crippen LogP contribution in [-0.2, 0) is 28.0 Å². The molecule has 0 spiro atoms. The Morgan fingerprint density at radius 2 is 1.90 bits per heavy atom. The lowest BCUT2D eigenvalue weighted by Gasteiger charge is -2.30. The van der Waals surface area contributed by atoms with E-state index in [-0.39, 0.29) is 42.2 Å². The van der Waals surface area contributed by atoms with E-state index in [0.717, 1.165) is 25.7 Å². The minimum Gasteiger partial charge on any atom is -0.351 e. The van der Waals surface area contributed by atoms with Crippen LogP contribution in [0.3, 0.4) is 0 Å². The molecule has 0 aromatic carbocycles. The predicted octanol–water partition coefficient (Wildman–Crippen LogP) is 1.33. The molecule has 12 nitrogen and oxygen atoms in total. The van der Waals surface area contributed by atoms with Gasteiger partial charge < -0.3 is 20.5 Å². The fourth-order valence-electron chi connectivity index (χ4n) is 5.51. The van der Waals surface area contributed by atoms with Crippen LogP contribution < -0.4 is 21.5 Å². The molecule has 2 saturated carbocycles. The number of ketones is 1. The SMILES string of the molecule is CC(=O)/C=C/CC[C@H](NC(=O)c1ncn(C)n1)C(=O)Nc1cccn(CC(=O)NC2C3CCCC2CC3)c1=O. The second-order valence-electron chi connectivity index (χ2n) is 10.3. The molecule has 0 saturated heterocycles. The van der Waals surface area contributed by atoms with Crippen molar-refractivity contribution in [3.63, 3.8) is 0 Å². The monoisotopic (exact) mass is 537 g/mol. The summed E-state index contributed by atoms with van der Waals surface area (Å²) in [6.45, 7) is 1.26. The zero-order valence-corrected chi connectivity index (χ0v) is 22.3. The average molecular weight is 538 g/mol. The van der Waals surface area contributed by atoms with Gasteiger partial charge in [0.25, 0.3) is 11.5 Å². The number of pyridine rings is 1. The maximum atomic E-state index is 13.1. The number of hydrogen-bond donors (Lipinski definition) is 3. The van der Waals surface area contributed by atoms with E-state index in [9.17, 15) is 24.0 Å². The van der Waals surface area contributed by atoms with Crippen LogP contribution in [0.2, 0.25) is 0 Å². The van der Waals surface area contributed by atoms with Crippen LogP contribution in [0.15, 0.2) is 41.6 Å². The summed E-state index contributed by atoms with van der Waals surface area (Å²) in [4.78, 5) is 66.7. The fourth-order valence-corrected chi connectivity index (χ4v) is 5.51. The van der Waals surface area contributed by atoms with Crippen LogP contribution in [0.5, 0.6) is 0 Å². The fraction of sp³-hybridized carbons (Fsp3) is 0.519. The lowest BCUT2D eigenvalue weighted by Crippen LogP contribution is -2.46. The Labute approximate surface area is 226 Å². The zero-order valence-electron chi connectivity index (χ0n) is 22.3. The average Bonchev–Trinajstić information content (AvgIpc) is 3.40. The first-order valence-electron chi connectivity index (χ1n) is 13.3. The Morgan fingerprint density at radius 3 is 2.56 bits per heavy atom. The second-order valence-corrected chi connectivity index (χ2v) is 10.3. The summed E-state index contributed by atoms with van der Waals surface area (Å²) < 4.78 is 2.62. The number of carbonyl (C=O) groups excluding carboxylic acids is 4. The molecule has 3 atom stereocenters. The maximum Gasteiger partial charge on any atom is 0.291 e. The molecule has 4 rings (SSSR count). The van der Waals surface area contributed by atoms with Crippen LogP contribution in [0, 0.1) is 11.8 Å². The van der Waals surface area contributed by atoms with Gasteiger partial charge in [0.15, 0.2) is 5.78 Å². The van der Waals surface area contributed by atoms with Crippen molar-refractivity contribution in [1.82, 2.24) is 30.0 Å². The summed E-state index contributed by atoms with van der Waals surface area (Å²) in [5.41, 5.74) is -0.539. The molecule has 12 heteroatoms. The molecule has 2 aromatic rings. The standard InChI is InChI=1S/C27H35N7O5/c1-17(35)7-3-4-10-20(29-26(38)24-28-16-33(2)32-24)25(37)30-21-11-6-14-34(27(21)39)15-22(36)31-23-18-8-5-9-19(23)13-12-18/h3,6-7,11,14,16,18-20,23H,4-5,8-10,12-13,15H2,1-2H3,(H,29,38)(H,30,37)(H,31,36)/b7-3+/t18?,19?,20-,23?/m0/s1. The third-order valence-electron chi connectivity index (χ3n) is 7.39. The van der Waals surface area contributed by atoms with Gasteiger partial charge in [-0.05, 0) is 75.5 Å². The van der Waals surface area contributed by atoms with Crippen LogP contribution >= 0.6 is 0 Å². The number of rotatable bonds is 11. The number of nitrogens with one attached hydrogen (secondary N) is 3. The van der Waals surface area contributed by atoms with Gasteiger partial charge >= 0.3 is 0 Å². The summed E-state index contributed by atoms with van der Waals surface area (Å²) in [7, 11) is 1.61. The molecule has 2 fully saturated rings. The van der Waals surface area contributed by atoms with Crippen LogP contribution in [0.1, 0.15) is 62.5 Å². The first-order valence-corrected chi connectivity index (χ1v) is 13.3. The van der Waals surface area contributed by atoms with E-state index in [4.69, 9.17) is 0 Å². The third kappa shape index (κ3) is 7.27. The smallest absolute Gasteiger partial charge is 0.291 e. The van der Waals surface area contributed by atoms with Crippen LogP contribution in [0.4, 0.5) is 5.69 Å². The summed E-state index contributed by atoms with van der Waals surface area (Å²) in [6, 6.07) is 2.16. The number of nitrogens with zero attached hydrogens (tertiary/aromatic N) is 4. The van der Waals surface area contributed by atoms with Crippen molar-refractivity contribution in [2.75, 3.05) is 5.32 Å². The summed E-state index contributed by atoms with van der Waals surface area (Å²) in [5, 5.41) is 12.3. The second kappa shape index (κ2) is 12.6. The molecule has 2 aromatic heterocycles. The predicted molar refractivity (Wildman–Crippen MR) is 143 cm³/mol. The number of carbonyl (C=O) groups is 4. The molecular formula is C27H35N7O5. The molecule has 2 aliphatic rings. The number of allylic oxidation sites excluding steroid dienone is 2. The molecule has 2 heterocycles. The third-order valence-corrected chi connectivity index (χ3v) is 7.39. The van der Waals surface area contributed by atoms with Gasteiger partial charge in [-0.25, -0.2) is 4.98 Å². The van der Waals surface area contributed by atoms with Gasteiger partial charge in [-0.1, -0.05) is 12.5 Å². The van der Waals surface area contributed by atoms with Gasteiger partial charge in [0.05, 0.1) is 0 Å². The van der Waals surface area contributed by atoms with E-state index in [1.807, 2.05) is 0 Å². The van der Waals surface area contributed by atoms with Gasteiger partial charge in [0.2, 0.25) is 17.6 Å².